The van der Waals surface area contributed by atoms with Crippen LogP contribution in [0.5, 0.6) is 0 Å². The van der Waals surface area contributed by atoms with Crippen molar-refractivity contribution in [1.82, 2.24) is 4.98 Å². The molecule has 0 aromatic carbocycles. The van der Waals surface area contributed by atoms with E-state index in [0.717, 1.165) is 5.56 Å². The molecule has 0 aliphatic heterocycles. The largest absolute Gasteiger partial charge is 0.280 e. The van der Waals surface area contributed by atoms with Crippen LogP contribution < -0.4 is 0 Å². The second-order valence-corrected chi connectivity index (χ2v) is 2.97. The van der Waals surface area contributed by atoms with Crippen molar-refractivity contribution in [3.8, 4) is 0 Å². The molecule has 3 heteroatoms. The Morgan fingerprint density at radius 3 is 2.00 bits per heavy atom. The fraction of sp³-hybridized carbons (Fsp3) is 0.545. The third-order valence-corrected chi connectivity index (χ3v) is 1.70. The lowest BCUT2D eigenvalue weighted by Gasteiger charge is -2.04. The second-order valence-electron chi connectivity index (χ2n) is 2.97. The van der Waals surface area contributed by atoms with Crippen molar-refractivity contribution in [2.75, 3.05) is 0 Å². The van der Waals surface area contributed by atoms with Crippen LogP contribution in [0.4, 0.5) is 8.78 Å². The first-order valence-electron chi connectivity index (χ1n) is 4.85. The summed E-state index contributed by atoms with van der Waals surface area (Å²) in [7, 11) is 0. The molecule has 0 spiro atoms. The fourth-order valence-corrected chi connectivity index (χ4v) is 0.887. The number of hydrogen-bond donors (Lipinski definition) is 0. The van der Waals surface area contributed by atoms with E-state index in [9.17, 15) is 8.78 Å². The first-order chi connectivity index (χ1) is 6.61. The monoisotopic (exact) mass is 201 g/mol. The summed E-state index contributed by atoms with van der Waals surface area (Å²) in [6.45, 7) is 8.00. The van der Waals surface area contributed by atoms with Gasteiger partial charge in [-0.2, -0.15) is 0 Å². The summed E-state index contributed by atoms with van der Waals surface area (Å²) < 4.78 is 24.1. The van der Waals surface area contributed by atoms with Crippen LogP contribution >= 0.6 is 0 Å². The molecule has 0 fully saturated rings. The highest BCUT2D eigenvalue weighted by Gasteiger charge is 2.08. The van der Waals surface area contributed by atoms with Crippen LogP contribution in [0.25, 0.3) is 0 Å². The maximum atomic E-state index is 12.0. The zero-order valence-electron chi connectivity index (χ0n) is 9.09. The summed E-state index contributed by atoms with van der Waals surface area (Å²) in [5, 5.41) is 0. The van der Waals surface area contributed by atoms with Gasteiger partial charge in [-0.25, -0.2) is 8.78 Å². The Hall–Kier alpha value is -0.990. The van der Waals surface area contributed by atoms with Crippen LogP contribution in [-0.2, 0) is 0 Å². The topological polar surface area (TPSA) is 12.9 Å². The maximum absolute atomic E-state index is 12.0. The standard InChI is InChI=1S/C9H11F2N.C2H6/c1-6(2)7-3-4-8(9(10)11)12-5-7;1-2/h3-6,9H,1-2H3;1-2H3. The van der Waals surface area contributed by atoms with Gasteiger partial charge in [-0.1, -0.05) is 33.8 Å². The minimum absolute atomic E-state index is 0.153. The lowest BCUT2D eigenvalue weighted by molar-refractivity contribution is 0.146. The third kappa shape index (κ3) is 3.81. The average Bonchev–Trinajstić information content (AvgIpc) is 2.21. The van der Waals surface area contributed by atoms with Crippen molar-refractivity contribution < 1.29 is 8.78 Å². The molecule has 0 unspecified atom stereocenters. The van der Waals surface area contributed by atoms with Gasteiger partial charge in [0.25, 0.3) is 6.43 Å². The van der Waals surface area contributed by atoms with Gasteiger partial charge in [-0.05, 0) is 17.5 Å². The summed E-state index contributed by atoms with van der Waals surface area (Å²) in [5.41, 5.74) is 0.832. The van der Waals surface area contributed by atoms with E-state index in [4.69, 9.17) is 0 Å². The van der Waals surface area contributed by atoms with E-state index in [0.29, 0.717) is 5.92 Å². The number of rotatable bonds is 2. The Morgan fingerprint density at radius 2 is 1.71 bits per heavy atom. The highest BCUT2D eigenvalue weighted by atomic mass is 19.3. The zero-order chi connectivity index (χ0) is 11.1. The summed E-state index contributed by atoms with van der Waals surface area (Å²) >= 11 is 0. The molecule has 1 nitrogen and oxygen atoms in total. The van der Waals surface area contributed by atoms with E-state index >= 15 is 0 Å². The van der Waals surface area contributed by atoms with Gasteiger partial charge in [-0.15, -0.1) is 0 Å². The summed E-state index contributed by atoms with van der Waals surface area (Å²) in [6, 6.07) is 3.07. The summed E-state index contributed by atoms with van der Waals surface area (Å²) in [4.78, 5) is 3.65. The van der Waals surface area contributed by atoms with E-state index in [1.54, 1.807) is 6.07 Å². The fourth-order valence-electron chi connectivity index (χ4n) is 0.887. The number of aromatic nitrogens is 1. The second kappa shape index (κ2) is 6.46. The van der Waals surface area contributed by atoms with Gasteiger partial charge >= 0.3 is 0 Å². The zero-order valence-corrected chi connectivity index (χ0v) is 9.09. The quantitative estimate of drug-likeness (QED) is 0.699. The highest BCUT2D eigenvalue weighted by Crippen LogP contribution is 2.18. The Morgan fingerprint density at radius 1 is 1.14 bits per heavy atom. The van der Waals surface area contributed by atoms with E-state index in [2.05, 4.69) is 4.98 Å². The van der Waals surface area contributed by atoms with Crippen LogP contribution in [0.3, 0.4) is 0 Å². The summed E-state index contributed by atoms with van der Waals surface area (Å²) in [5.74, 6) is 0.337. The van der Waals surface area contributed by atoms with Gasteiger partial charge in [0.1, 0.15) is 5.69 Å². The predicted molar refractivity (Wildman–Crippen MR) is 54.6 cm³/mol. The third-order valence-electron chi connectivity index (χ3n) is 1.70. The van der Waals surface area contributed by atoms with E-state index in [1.807, 2.05) is 27.7 Å². The molecular weight excluding hydrogens is 184 g/mol. The van der Waals surface area contributed by atoms with Crippen molar-refractivity contribution in [3.05, 3.63) is 29.6 Å². The van der Waals surface area contributed by atoms with Gasteiger partial charge in [0, 0.05) is 6.20 Å². The van der Waals surface area contributed by atoms with Crippen molar-refractivity contribution in [2.45, 2.75) is 40.0 Å². The number of pyridine rings is 1. The number of hydrogen-bond acceptors (Lipinski definition) is 1. The molecule has 0 radical (unpaired) electrons. The number of alkyl halides is 2. The van der Waals surface area contributed by atoms with Crippen LogP contribution in [0, 0.1) is 0 Å². The van der Waals surface area contributed by atoms with Gasteiger partial charge in [-0.3, -0.25) is 4.98 Å². The molecule has 0 amide bonds. The van der Waals surface area contributed by atoms with Crippen molar-refractivity contribution >= 4 is 0 Å². The van der Waals surface area contributed by atoms with Gasteiger partial charge in [0.15, 0.2) is 0 Å². The molecule has 0 aliphatic carbocycles. The SMILES string of the molecule is CC.CC(C)c1ccc(C(F)F)nc1. The lowest BCUT2D eigenvalue weighted by Crippen LogP contribution is -1.93. The molecule has 0 atom stereocenters. The average molecular weight is 201 g/mol. The Balaban J connectivity index is 0.000000791. The predicted octanol–water partition coefficient (Wildman–Crippen LogP) is 4.17. The smallest absolute Gasteiger partial charge is 0.255 e. The van der Waals surface area contributed by atoms with Gasteiger partial charge in [0.2, 0.25) is 0 Å². The van der Waals surface area contributed by atoms with Crippen LogP contribution in [0.15, 0.2) is 18.3 Å². The maximum Gasteiger partial charge on any atom is 0.280 e. The molecule has 14 heavy (non-hydrogen) atoms. The molecule has 1 rings (SSSR count). The van der Waals surface area contributed by atoms with Gasteiger partial charge < -0.3 is 0 Å². The Labute approximate surface area is 84.2 Å². The minimum atomic E-state index is -2.47. The van der Waals surface area contributed by atoms with Crippen molar-refractivity contribution in [3.63, 3.8) is 0 Å². The van der Waals surface area contributed by atoms with E-state index in [-0.39, 0.29) is 5.69 Å². The van der Waals surface area contributed by atoms with E-state index in [1.165, 1.54) is 12.3 Å². The molecule has 0 bridgehead atoms. The first kappa shape index (κ1) is 13.0. The molecule has 80 valence electrons. The van der Waals surface area contributed by atoms with Crippen LogP contribution in [0.2, 0.25) is 0 Å². The van der Waals surface area contributed by atoms with Crippen LogP contribution in [-0.4, -0.2) is 4.98 Å². The number of halogens is 2. The Kier molecular flexibility index (Phi) is 6.00. The molecule has 1 aromatic heterocycles. The van der Waals surface area contributed by atoms with Crippen LogP contribution in [0.1, 0.15) is 51.3 Å². The first-order valence-corrected chi connectivity index (χ1v) is 4.85. The molecule has 0 aliphatic rings. The molecule has 0 N–H and O–H groups in total. The minimum Gasteiger partial charge on any atom is -0.255 e. The van der Waals surface area contributed by atoms with Gasteiger partial charge in [0.05, 0.1) is 0 Å². The lowest BCUT2D eigenvalue weighted by atomic mass is 10.1. The summed E-state index contributed by atoms with van der Waals surface area (Å²) in [6.07, 6.45) is -0.960. The van der Waals surface area contributed by atoms with E-state index < -0.39 is 6.43 Å². The molecule has 0 saturated carbocycles. The molecule has 1 heterocycles. The Bertz CT molecular complexity index is 215. The number of nitrogens with zero attached hydrogens (tertiary/aromatic N) is 1. The van der Waals surface area contributed by atoms with Crippen molar-refractivity contribution in [2.24, 2.45) is 0 Å². The van der Waals surface area contributed by atoms with Crippen molar-refractivity contribution in [1.29, 1.82) is 0 Å². The normalized spacial score (nSPS) is 10.0. The molecule has 0 saturated heterocycles. The molecular formula is C11H17F2N. The molecule has 1 aromatic rings. The highest BCUT2D eigenvalue weighted by molar-refractivity contribution is 5.17.